The van der Waals surface area contributed by atoms with E-state index in [0.29, 0.717) is 52.2 Å². The zero-order valence-corrected chi connectivity index (χ0v) is 23.9. The number of carbonyl (C=O) groups is 2. The number of aromatic nitrogens is 1. The summed E-state index contributed by atoms with van der Waals surface area (Å²) in [5.74, 6) is -0.305. The number of thiazole rings is 1. The second-order valence-electron chi connectivity index (χ2n) is 9.33. The SMILES string of the molecule is C=CCOc1ccc(C2/C(=C(\O)c3ccc(OCC)cc3)C(=O)C(=O)N2c2nc3ccc(C)cc3s2)cc1OCC. The molecule has 1 saturated heterocycles. The Labute approximate surface area is 242 Å². The summed E-state index contributed by atoms with van der Waals surface area (Å²) >= 11 is 1.31. The third-order valence-electron chi connectivity index (χ3n) is 6.56. The Morgan fingerprint density at radius 2 is 1.76 bits per heavy atom. The Morgan fingerprint density at radius 1 is 1.00 bits per heavy atom. The number of anilines is 1. The summed E-state index contributed by atoms with van der Waals surface area (Å²) in [6.45, 7) is 10.5. The molecule has 2 heterocycles. The molecule has 0 radical (unpaired) electrons. The van der Waals surface area contributed by atoms with E-state index < -0.39 is 17.7 Å². The topological polar surface area (TPSA) is 98.2 Å². The van der Waals surface area contributed by atoms with E-state index in [4.69, 9.17) is 19.2 Å². The highest BCUT2D eigenvalue weighted by Crippen LogP contribution is 2.46. The summed E-state index contributed by atoms with van der Waals surface area (Å²) in [4.78, 5) is 33.3. The molecule has 1 atom stereocenters. The van der Waals surface area contributed by atoms with Gasteiger partial charge >= 0.3 is 5.91 Å². The quantitative estimate of drug-likeness (QED) is 0.0994. The third kappa shape index (κ3) is 5.40. The van der Waals surface area contributed by atoms with Gasteiger partial charge in [0.25, 0.3) is 5.78 Å². The van der Waals surface area contributed by atoms with Crippen LogP contribution < -0.4 is 19.1 Å². The van der Waals surface area contributed by atoms with Gasteiger partial charge in [-0.3, -0.25) is 14.5 Å². The number of aryl methyl sites for hydroxylation is 1. The number of Topliss-reactive ketones (excluding diaryl/α,β-unsaturated/α-hetero) is 1. The van der Waals surface area contributed by atoms with Gasteiger partial charge in [0, 0.05) is 5.56 Å². The Bertz CT molecular complexity index is 1660. The molecule has 1 unspecified atom stereocenters. The lowest BCUT2D eigenvalue weighted by molar-refractivity contribution is -0.132. The van der Waals surface area contributed by atoms with E-state index >= 15 is 0 Å². The molecule has 210 valence electrons. The zero-order valence-electron chi connectivity index (χ0n) is 23.0. The maximum absolute atomic E-state index is 13.6. The van der Waals surface area contributed by atoms with E-state index in [2.05, 4.69) is 6.58 Å². The maximum Gasteiger partial charge on any atom is 0.301 e. The summed E-state index contributed by atoms with van der Waals surface area (Å²) in [6, 6.07) is 16.8. The lowest BCUT2D eigenvalue weighted by Crippen LogP contribution is -2.29. The van der Waals surface area contributed by atoms with Gasteiger partial charge in [-0.25, -0.2) is 4.98 Å². The molecule has 4 aromatic rings. The number of rotatable bonds is 10. The number of amides is 1. The van der Waals surface area contributed by atoms with E-state index in [1.165, 1.54) is 16.2 Å². The molecule has 0 aliphatic carbocycles. The number of hydrogen-bond acceptors (Lipinski definition) is 8. The summed E-state index contributed by atoms with van der Waals surface area (Å²) < 4.78 is 18.0. The number of fused-ring (bicyclic) bond motifs is 1. The fraction of sp³-hybridized carbons (Fsp3) is 0.219. The number of ketones is 1. The molecule has 0 saturated carbocycles. The Hall–Kier alpha value is -4.63. The predicted octanol–water partition coefficient (Wildman–Crippen LogP) is 6.59. The number of ether oxygens (including phenoxy) is 3. The van der Waals surface area contributed by atoms with E-state index in [1.54, 1.807) is 48.5 Å². The smallest absolute Gasteiger partial charge is 0.301 e. The fourth-order valence-electron chi connectivity index (χ4n) is 4.73. The highest BCUT2D eigenvalue weighted by Gasteiger charge is 2.48. The van der Waals surface area contributed by atoms with E-state index in [1.807, 2.05) is 39.0 Å². The number of hydrogen-bond donors (Lipinski definition) is 1. The Morgan fingerprint density at radius 3 is 2.46 bits per heavy atom. The monoisotopic (exact) mass is 570 g/mol. The fourth-order valence-corrected chi connectivity index (χ4v) is 5.82. The van der Waals surface area contributed by atoms with Crippen molar-refractivity contribution >= 4 is 44.1 Å². The summed E-state index contributed by atoms with van der Waals surface area (Å²) in [6.07, 6.45) is 1.63. The minimum absolute atomic E-state index is 0.0446. The first kappa shape index (κ1) is 27.9. The van der Waals surface area contributed by atoms with Crippen LogP contribution in [0.25, 0.3) is 16.0 Å². The lowest BCUT2D eigenvalue weighted by Gasteiger charge is -2.24. The normalized spacial score (nSPS) is 16.3. The van der Waals surface area contributed by atoms with Crippen LogP contribution in [-0.4, -0.2) is 41.6 Å². The second kappa shape index (κ2) is 11.9. The van der Waals surface area contributed by atoms with Crippen molar-refractivity contribution in [1.29, 1.82) is 0 Å². The minimum atomic E-state index is -0.962. The van der Waals surface area contributed by atoms with Crippen molar-refractivity contribution in [2.75, 3.05) is 24.7 Å². The maximum atomic E-state index is 13.6. The van der Waals surface area contributed by atoms with Gasteiger partial charge in [-0.15, -0.1) is 0 Å². The molecule has 9 heteroatoms. The van der Waals surface area contributed by atoms with E-state index in [0.717, 1.165) is 10.3 Å². The van der Waals surface area contributed by atoms with Gasteiger partial charge < -0.3 is 19.3 Å². The Kier molecular flexibility index (Phi) is 8.07. The average molecular weight is 571 g/mol. The average Bonchev–Trinajstić information content (AvgIpc) is 3.50. The molecule has 41 heavy (non-hydrogen) atoms. The first-order valence-electron chi connectivity index (χ1n) is 13.3. The minimum Gasteiger partial charge on any atom is -0.507 e. The molecule has 1 aromatic heterocycles. The molecule has 1 N–H and O–H groups in total. The number of benzene rings is 3. The molecule has 1 fully saturated rings. The van der Waals surface area contributed by atoms with Gasteiger partial charge in [0.05, 0.1) is 35.0 Å². The van der Waals surface area contributed by atoms with Crippen molar-refractivity contribution in [2.45, 2.75) is 26.8 Å². The van der Waals surface area contributed by atoms with Gasteiger partial charge in [-0.05, 0) is 80.4 Å². The third-order valence-corrected chi connectivity index (χ3v) is 7.58. The van der Waals surface area contributed by atoms with Crippen molar-refractivity contribution in [2.24, 2.45) is 0 Å². The number of aliphatic hydroxyl groups excluding tert-OH is 1. The molecule has 5 rings (SSSR count). The molecule has 1 amide bonds. The highest BCUT2D eigenvalue weighted by atomic mass is 32.1. The van der Waals surface area contributed by atoms with Gasteiger partial charge in [-0.1, -0.05) is 36.1 Å². The van der Waals surface area contributed by atoms with E-state index in [9.17, 15) is 14.7 Å². The number of nitrogens with zero attached hydrogens (tertiary/aromatic N) is 2. The van der Waals surface area contributed by atoms with Gasteiger partial charge in [-0.2, -0.15) is 0 Å². The van der Waals surface area contributed by atoms with Gasteiger partial charge in [0.1, 0.15) is 18.1 Å². The van der Waals surface area contributed by atoms with E-state index in [-0.39, 0.29) is 17.9 Å². The van der Waals surface area contributed by atoms with Crippen LogP contribution in [0.4, 0.5) is 5.13 Å². The van der Waals surface area contributed by atoms with Crippen LogP contribution in [0.1, 0.15) is 36.6 Å². The first-order chi connectivity index (χ1) is 19.9. The molecule has 1 aliphatic heterocycles. The number of carbonyl (C=O) groups excluding carboxylic acids is 2. The molecule has 8 nitrogen and oxygen atoms in total. The summed E-state index contributed by atoms with van der Waals surface area (Å²) in [7, 11) is 0. The molecule has 0 spiro atoms. The van der Waals surface area contributed by atoms with Crippen LogP contribution in [0, 0.1) is 6.92 Å². The standard InChI is InChI=1S/C32H30N2O6S/c1-5-16-40-24-15-11-21(18-25(24)39-7-3)28-27(29(35)20-9-12-22(13-10-20)38-6-2)30(36)31(37)34(28)32-33-23-14-8-19(4)17-26(23)41-32/h5,8-15,17-18,28,35H,1,6-7,16H2,2-4H3/b29-27+. The van der Waals surface area contributed by atoms with Gasteiger partial charge in [0.15, 0.2) is 16.6 Å². The van der Waals surface area contributed by atoms with Crippen LogP contribution >= 0.6 is 11.3 Å². The van der Waals surface area contributed by atoms with Crippen LogP contribution in [0.5, 0.6) is 17.2 Å². The van der Waals surface area contributed by atoms with Gasteiger partial charge in [0.2, 0.25) is 0 Å². The first-order valence-corrected chi connectivity index (χ1v) is 14.1. The van der Waals surface area contributed by atoms with Crippen LogP contribution in [0.2, 0.25) is 0 Å². The predicted molar refractivity (Wildman–Crippen MR) is 160 cm³/mol. The van der Waals surface area contributed by atoms with Crippen molar-refractivity contribution < 1.29 is 28.9 Å². The molecule has 0 bridgehead atoms. The second-order valence-corrected chi connectivity index (χ2v) is 10.3. The van der Waals surface area contributed by atoms with Crippen molar-refractivity contribution in [1.82, 2.24) is 4.98 Å². The zero-order chi connectivity index (χ0) is 29.1. The summed E-state index contributed by atoms with van der Waals surface area (Å²) in [5.41, 5.74) is 2.66. The van der Waals surface area contributed by atoms with Crippen molar-refractivity contribution in [3.05, 3.63) is 95.6 Å². The molecule has 1 aliphatic rings. The van der Waals surface area contributed by atoms with Crippen LogP contribution in [-0.2, 0) is 9.59 Å². The van der Waals surface area contributed by atoms with Crippen molar-refractivity contribution in [3.8, 4) is 17.2 Å². The largest absolute Gasteiger partial charge is 0.507 e. The highest BCUT2D eigenvalue weighted by molar-refractivity contribution is 7.22. The molecular formula is C32H30N2O6S. The van der Waals surface area contributed by atoms with Crippen LogP contribution in [0.15, 0.2) is 78.9 Å². The number of aliphatic hydroxyl groups is 1. The molecular weight excluding hydrogens is 540 g/mol. The molecule has 3 aromatic carbocycles. The summed E-state index contributed by atoms with van der Waals surface area (Å²) in [5, 5.41) is 11.9. The van der Waals surface area contributed by atoms with Crippen LogP contribution in [0.3, 0.4) is 0 Å². The lowest BCUT2D eigenvalue weighted by atomic mass is 9.95. The van der Waals surface area contributed by atoms with Crippen molar-refractivity contribution in [3.63, 3.8) is 0 Å². The Balaban J connectivity index is 1.69.